The van der Waals surface area contributed by atoms with Gasteiger partial charge in [0.15, 0.2) is 0 Å². The zero-order chi connectivity index (χ0) is 15.2. The van der Waals surface area contributed by atoms with E-state index in [2.05, 4.69) is 70.4 Å². The fraction of sp³-hybridized carbons (Fsp3) is 0.471. The van der Waals surface area contributed by atoms with Crippen molar-refractivity contribution in [2.24, 2.45) is 0 Å². The molecule has 2 rings (SSSR count). The second-order valence-electron chi connectivity index (χ2n) is 5.55. The van der Waals surface area contributed by atoms with Gasteiger partial charge in [0.1, 0.15) is 0 Å². The maximum atomic E-state index is 4.66. The summed E-state index contributed by atoms with van der Waals surface area (Å²) >= 11 is 0. The Morgan fingerprint density at radius 2 is 1.76 bits per heavy atom. The van der Waals surface area contributed by atoms with Crippen molar-refractivity contribution in [3.8, 4) is 0 Å². The molecule has 114 valence electrons. The molecule has 1 N–H and O–H groups in total. The highest BCUT2D eigenvalue weighted by atomic mass is 15.3. The molecule has 0 aliphatic rings. The summed E-state index contributed by atoms with van der Waals surface area (Å²) in [4.78, 5) is 2.10. The lowest BCUT2D eigenvalue weighted by Gasteiger charge is -2.13. The fourth-order valence-electron chi connectivity index (χ4n) is 2.41. The number of nitrogens with one attached hydrogen (secondary N) is 1. The maximum Gasteiger partial charge on any atom is 0.0815 e. The van der Waals surface area contributed by atoms with E-state index in [0.29, 0.717) is 6.04 Å². The average Bonchev–Trinajstić information content (AvgIpc) is 2.96. The highest BCUT2D eigenvalue weighted by Gasteiger charge is 2.07. The average molecular weight is 286 g/mol. The molecular weight excluding hydrogens is 260 g/mol. The van der Waals surface area contributed by atoms with Crippen molar-refractivity contribution < 1.29 is 0 Å². The van der Waals surface area contributed by atoms with Crippen LogP contribution in [0.4, 0.5) is 11.4 Å². The molecule has 4 heteroatoms. The van der Waals surface area contributed by atoms with E-state index in [0.717, 1.165) is 30.8 Å². The van der Waals surface area contributed by atoms with Gasteiger partial charge in [-0.05, 0) is 43.2 Å². The van der Waals surface area contributed by atoms with E-state index in [9.17, 15) is 0 Å². The first-order chi connectivity index (χ1) is 10.1. The van der Waals surface area contributed by atoms with Gasteiger partial charge >= 0.3 is 0 Å². The normalized spacial score (nSPS) is 10.9. The number of hydrogen-bond donors (Lipinski definition) is 1. The van der Waals surface area contributed by atoms with Crippen LogP contribution < -0.4 is 10.2 Å². The van der Waals surface area contributed by atoms with Crippen molar-refractivity contribution in [1.82, 2.24) is 9.78 Å². The summed E-state index contributed by atoms with van der Waals surface area (Å²) in [5.74, 6) is 0. The van der Waals surface area contributed by atoms with Gasteiger partial charge in [0.2, 0.25) is 0 Å². The molecule has 1 heterocycles. The summed E-state index contributed by atoms with van der Waals surface area (Å²) in [6.45, 7) is 5.18. The zero-order valence-corrected chi connectivity index (χ0v) is 13.5. The van der Waals surface area contributed by atoms with Crippen molar-refractivity contribution in [2.45, 2.75) is 39.3 Å². The van der Waals surface area contributed by atoms with Gasteiger partial charge in [-0.2, -0.15) is 5.10 Å². The number of anilines is 2. The molecule has 1 aromatic carbocycles. The Morgan fingerprint density at radius 3 is 2.33 bits per heavy atom. The fourth-order valence-corrected chi connectivity index (χ4v) is 2.41. The van der Waals surface area contributed by atoms with Gasteiger partial charge in [-0.15, -0.1) is 0 Å². The lowest BCUT2D eigenvalue weighted by Crippen LogP contribution is -2.09. The summed E-state index contributed by atoms with van der Waals surface area (Å²) < 4.78 is 2.09. The third kappa shape index (κ3) is 4.00. The molecule has 0 amide bonds. The number of benzene rings is 1. The van der Waals surface area contributed by atoms with Crippen LogP contribution in [0.1, 0.15) is 38.4 Å². The molecule has 0 radical (unpaired) electrons. The van der Waals surface area contributed by atoms with Crippen LogP contribution in [0.3, 0.4) is 0 Å². The molecule has 4 nitrogen and oxygen atoms in total. The Hall–Kier alpha value is -1.97. The molecule has 1 aromatic heterocycles. The van der Waals surface area contributed by atoms with Crippen molar-refractivity contribution >= 4 is 11.4 Å². The van der Waals surface area contributed by atoms with Gasteiger partial charge in [0.25, 0.3) is 0 Å². The minimum absolute atomic E-state index is 0.512. The van der Waals surface area contributed by atoms with Crippen molar-refractivity contribution in [2.75, 3.05) is 24.3 Å². The Balaban J connectivity index is 1.93. The Kier molecular flexibility index (Phi) is 5.26. The van der Waals surface area contributed by atoms with Crippen molar-refractivity contribution in [3.63, 3.8) is 0 Å². The van der Waals surface area contributed by atoms with Crippen LogP contribution in [0.2, 0.25) is 0 Å². The first-order valence-corrected chi connectivity index (χ1v) is 7.69. The topological polar surface area (TPSA) is 33.1 Å². The van der Waals surface area contributed by atoms with Crippen molar-refractivity contribution in [3.05, 3.63) is 42.2 Å². The zero-order valence-electron chi connectivity index (χ0n) is 13.5. The van der Waals surface area contributed by atoms with Crippen LogP contribution in [0.5, 0.6) is 0 Å². The number of nitrogens with zero attached hydrogens (tertiary/aromatic N) is 3. The number of aromatic nitrogens is 2. The van der Waals surface area contributed by atoms with Gasteiger partial charge in [-0.25, -0.2) is 0 Å². The molecule has 0 aliphatic carbocycles. The molecule has 0 bridgehead atoms. The second-order valence-corrected chi connectivity index (χ2v) is 5.55. The van der Waals surface area contributed by atoms with Gasteiger partial charge in [0.05, 0.1) is 18.3 Å². The van der Waals surface area contributed by atoms with E-state index in [1.165, 1.54) is 5.69 Å². The lowest BCUT2D eigenvalue weighted by atomic mass is 10.2. The number of rotatable bonds is 7. The number of hydrogen-bond acceptors (Lipinski definition) is 3. The SMILES string of the molecule is CCC(CC)n1ccc(CNc2ccc(N(C)C)cc2)n1. The standard InChI is InChI=1S/C17H26N4/c1-5-16(6-2)21-12-11-15(19-21)13-18-14-7-9-17(10-8-14)20(3)4/h7-12,16,18H,5-6,13H2,1-4H3. The molecule has 0 atom stereocenters. The molecule has 0 saturated heterocycles. The Bertz CT molecular complexity index is 538. The largest absolute Gasteiger partial charge is 0.379 e. The quantitative estimate of drug-likeness (QED) is 0.837. The van der Waals surface area contributed by atoms with E-state index in [-0.39, 0.29) is 0 Å². The molecule has 0 fully saturated rings. The third-order valence-corrected chi connectivity index (χ3v) is 3.84. The van der Waals surface area contributed by atoms with Gasteiger partial charge in [0, 0.05) is 31.7 Å². The highest BCUT2D eigenvalue weighted by Crippen LogP contribution is 2.17. The van der Waals surface area contributed by atoms with Crippen LogP contribution in [0, 0.1) is 0 Å². The third-order valence-electron chi connectivity index (χ3n) is 3.84. The molecule has 0 spiro atoms. The summed E-state index contributed by atoms with van der Waals surface area (Å²) in [5, 5.41) is 8.08. The molecule has 2 aromatic rings. The van der Waals surface area contributed by atoms with Gasteiger partial charge in [-0.1, -0.05) is 13.8 Å². The molecule has 0 aliphatic heterocycles. The predicted octanol–water partition coefficient (Wildman–Crippen LogP) is 3.92. The van der Waals surface area contributed by atoms with Crippen LogP contribution in [-0.4, -0.2) is 23.9 Å². The Morgan fingerprint density at radius 1 is 1.10 bits per heavy atom. The van der Waals surface area contributed by atoms with Gasteiger partial charge in [-0.3, -0.25) is 4.68 Å². The minimum atomic E-state index is 0.512. The van der Waals surface area contributed by atoms with E-state index in [1.54, 1.807) is 0 Å². The molecular formula is C17H26N4. The van der Waals surface area contributed by atoms with Crippen molar-refractivity contribution in [1.29, 1.82) is 0 Å². The first kappa shape index (κ1) is 15.4. The Labute approximate surface area is 127 Å². The molecule has 0 unspecified atom stereocenters. The van der Waals surface area contributed by atoms with Crippen LogP contribution in [0.25, 0.3) is 0 Å². The van der Waals surface area contributed by atoms with E-state index in [4.69, 9.17) is 0 Å². The van der Waals surface area contributed by atoms with Crippen LogP contribution in [-0.2, 0) is 6.54 Å². The summed E-state index contributed by atoms with van der Waals surface area (Å²) in [5.41, 5.74) is 3.41. The maximum absolute atomic E-state index is 4.66. The van der Waals surface area contributed by atoms with Crippen LogP contribution >= 0.6 is 0 Å². The monoisotopic (exact) mass is 286 g/mol. The summed E-state index contributed by atoms with van der Waals surface area (Å²) in [6, 6.07) is 11.1. The summed E-state index contributed by atoms with van der Waals surface area (Å²) in [6.07, 6.45) is 4.33. The predicted molar refractivity (Wildman–Crippen MR) is 89.9 cm³/mol. The van der Waals surface area contributed by atoms with Gasteiger partial charge < -0.3 is 10.2 Å². The highest BCUT2D eigenvalue weighted by molar-refractivity contribution is 5.54. The van der Waals surface area contributed by atoms with E-state index in [1.807, 2.05) is 14.1 Å². The van der Waals surface area contributed by atoms with E-state index < -0.39 is 0 Å². The second kappa shape index (κ2) is 7.16. The first-order valence-electron chi connectivity index (χ1n) is 7.69. The minimum Gasteiger partial charge on any atom is -0.379 e. The smallest absolute Gasteiger partial charge is 0.0815 e. The van der Waals surface area contributed by atoms with Crippen LogP contribution in [0.15, 0.2) is 36.5 Å². The lowest BCUT2D eigenvalue weighted by molar-refractivity contribution is 0.426. The molecule has 0 saturated carbocycles. The summed E-state index contributed by atoms with van der Waals surface area (Å²) in [7, 11) is 4.10. The van der Waals surface area contributed by atoms with E-state index >= 15 is 0 Å². The molecule has 21 heavy (non-hydrogen) atoms.